The highest BCUT2D eigenvalue weighted by molar-refractivity contribution is 5.87. The fraction of sp³-hybridized carbons (Fsp3) is 0.222. The molecule has 6 nitrogen and oxygen atoms in total. The van der Waals surface area contributed by atoms with E-state index in [1.165, 1.54) is 0 Å². The van der Waals surface area contributed by atoms with Crippen LogP contribution >= 0.6 is 0 Å². The number of amides is 2. The number of hydrogen-bond acceptors (Lipinski definition) is 3. The van der Waals surface area contributed by atoms with E-state index in [9.17, 15) is 19.5 Å². The Balaban J connectivity index is 1.49. The van der Waals surface area contributed by atoms with Crippen LogP contribution in [0.3, 0.4) is 0 Å². The van der Waals surface area contributed by atoms with E-state index in [1.807, 2.05) is 91.9 Å². The van der Waals surface area contributed by atoms with E-state index in [2.05, 4.69) is 10.6 Å². The Morgan fingerprint density at radius 3 is 1.82 bits per heavy atom. The monoisotopic (exact) mass is 444 g/mol. The summed E-state index contributed by atoms with van der Waals surface area (Å²) in [6.07, 6.45) is 0.0680. The third-order valence-electron chi connectivity index (χ3n) is 5.39. The number of aliphatic carboxylic acids is 1. The van der Waals surface area contributed by atoms with Crippen molar-refractivity contribution in [2.24, 2.45) is 0 Å². The summed E-state index contributed by atoms with van der Waals surface area (Å²) in [6.45, 7) is 1.87. The summed E-state index contributed by atoms with van der Waals surface area (Å²) in [4.78, 5) is 36.2. The van der Waals surface area contributed by atoms with Crippen molar-refractivity contribution in [2.75, 3.05) is 0 Å². The van der Waals surface area contributed by atoms with Crippen molar-refractivity contribution < 1.29 is 19.5 Å². The molecule has 170 valence electrons. The maximum Gasteiger partial charge on any atom is 0.326 e. The number of carboxylic acid groups (broad SMARTS) is 1. The summed E-state index contributed by atoms with van der Waals surface area (Å²) in [7, 11) is 0. The van der Waals surface area contributed by atoms with Crippen LogP contribution in [-0.2, 0) is 20.8 Å². The highest BCUT2D eigenvalue weighted by atomic mass is 16.4. The molecule has 0 aliphatic carbocycles. The average Bonchev–Trinajstić information content (AvgIpc) is 2.84. The molecular formula is C27H28N2O4. The quantitative estimate of drug-likeness (QED) is 0.438. The smallest absolute Gasteiger partial charge is 0.326 e. The molecule has 0 aliphatic rings. The van der Waals surface area contributed by atoms with Gasteiger partial charge in [-0.1, -0.05) is 84.9 Å². The lowest BCUT2D eigenvalue weighted by Gasteiger charge is -2.16. The molecule has 3 aromatic rings. The van der Waals surface area contributed by atoms with E-state index in [-0.39, 0.29) is 31.2 Å². The van der Waals surface area contributed by atoms with E-state index in [0.717, 1.165) is 22.3 Å². The van der Waals surface area contributed by atoms with Gasteiger partial charge >= 0.3 is 5.97 Å². The molecule has 0 fully saturated rings. The standard InChI is InChI=1S/C27H28N2O4/c1-19(21-8-4-2-5-9-21)28-25(30)16-17-26(31)29-24(27(32)33)18-20-12-14-23(15-13-20)22-10-6-3-7-11-22/h2-15,19,24H,16-18H2,1H3,(H,28,30)(H,29,31)(H,32,33)/t19-,24-/m1/s1. The number of hydrogen-bond donors (Lipinski definition) is 3. The van der Waals surface area contributed by atoms with Crippen LogP contribution in [0, 0.1) is 0 Å². The average molecular weight is 445 g/mol. The Morgan fingerprint density at radius 1 is 0.727 bits per heavy atom. The number of rotatable bonds is 10. The zero-order valence-electron chi connectivity index (χ0n) is 18.5. The molecule has 33 heavy (non-hydrogen) atoms. The highest BCUT2D eigenvalue weighted by Gasteiger charge is 2.21. The van der Waals surface area contributed by atoms with Crippen LogP contribution in [0.4, 0.5) is 0 Å². The second-order valence-electron chi connectivity index (χ2n) is 7.93. The van der Waals surface area contributed by atoms with Gasteiger partial charge in [0.1, 0.15) is 6.04 Å². The molecule has 0 saturated carbocycles. The van der Waals surface area contributed by atoms with E-state index < -0.39 is 17.9 Å². The zero-order valence-corrected chi connectivity index (χ0v) is 18.5. The van der Waals surface area contributed by atoms with Crippen molar-refractivity contribution in [1.29, 1.82) is 0 Å². The zero-order chi connectivity index (χ0) is 23.6. The molecule has 0 aromatic heterocycles. The largest absolute Gasteiger partial charge is 0.480 e. The summed E-state index contributed by atoms with van der Waals surface area (Å²) in [5.41, 5.74) is 3.88. The van der Waals surface area contributed by atoms with E-state index in [4.69, 9.17) is 0 Å². The highest BCUT2D eigenvalue weighted by Crippen LogP contribution is 2.20. The molecule has 0 unspecified atom stereocenters. The fourth-order valence-corrected chi connectivity index (χ4v) is 3.53. The number of carboxylic acids is 1. The number of carbonyl (C=O) groups is 3. The van der Waals surface area contributed by atoms with Gasteiger partial charge in [-0.25, -0.2) is 4.79 Å². The van der Waals surface area contributed by atoms with Crippen molar-refractivity contribution >= 4 is 17.8 Å². The van der Waals surface area contributed by atoms with Crippen LogP contribution in [0.2, 0.25) is 0 Å². The predicted molar refractivity (Wildman–Crippen MR) is 127 cm³/mol. The molecule has 2 atom stereocenters. The molecule has 0 saturated heterocycles. The van der Waals surface area contributed by atoms with Crippen LogP contribution in [0.25, 0.3) is 11.1 Å². The lowest BCUT2D eigenvalue weighted by molar-refractivity contribution is -0.141. The molecule has 0 bridgehead atoms. The molecule has 3 aromatic carbocycles. The van der Waals surface area contributed by atoms with Crippen molar-refractivity contribution in [1.82, 2.24) is 10.6 Å². The molecule has 0 radical (unpaired) electrons. The van der Waals surface area contributed by atoms with Gasteiger partial charge in [-0.3, -0.25) is 9.59 Å². The van der Waals surface area contributed by atoms with Crippen LogP contribution < -0.4 is 10.6 Å². The Bertz CT molecular complexity index is 1070. The number of nitrogens with one attached hydrogen (secondary N) is 2. The lowest BCUT2D eigenvalue weighted by Crippen LogP contribution is -2.42. The SMILES string of the molecule is C[C@@H](NC(=O)CCC(=O)N[C@H](Cc1ccc(-c2ccccc2)cc1)C(=O)O)c1ccccc1. The first-order valence-electron chi connectivity index (χ1n) is 10.9. The summed E-state index contributed by atoms with van der Waals surface area (Å²) in [5, 5.41) is 14.9. The van der Waals surface area contributed by atoms with E-state index in [0.29, 0.717) is 0 Å². The van der Waals surface area contributed by atoms with Crippen molar-refractivity contribution in [3.63, 3.8) is 0 Å². The Hall–Kier alpha value is -3.93. The summed E-state index contributed by atoms with van der Waals surface area (Å²) in [6, 6.07) is 25.8. The number of carbonyl (C=O) groups excluding carboxylic acids is 2. The van der Waals surface area contributed by atoms with Crippen LogP contribution in [0.15, 0.2) is 84.9 Å². The van der Waals surface area contributed by atoms with Crippen molar-refractivity contribution in [3.8, 4) is 11.1 Å². The lowest BCUT2D eigenvalue weighted by atomic mass is 10.0. The first-order valence-corrected chi connectivity index (χ1v) is 10.9. The Labute approximate surface area is 193 Å². The molecule has 0 heterocycles. The Morgan fingerprint density at radius 2 is 1.24 bits per heavy atom. The van der Waals surface area contributed by atoms with Crippen LogP contribution in [-0.4, -0.2) is 28.9 Å². The van der Waals surface area contributed by atoms with Gasteiger partial charge in [0.05, 0.1) is 6.04 Å². The van der Waals surface area contributed by atoms with Crippen molar-refractivity contribution in [3.05, 3.63) is 96.1 Å². The minimum Gasteiger partial charge on any atom is -0.480 e. The molecule has 3 rings (SSSR count). The van der Waals surface area contributed by atoms with E-state index in [1.54, 1.807) is 0 Å². The van der Waals surface area contributed by atoms with Gasteiger partial charge in [-0.2, -0.15) is 0 Å². The summed E-state index contributed by atoms with van der Waals surface area (Å²) in [5.74, 6) is -1.84. The molecular weight excluding hydrogens is 416 g/mol. The minimum absolute atomic E-state index is 0.0128. The van der Waals surface area contributed by atoms with Gasteiger partial charge in [0.15, 0.2) is 0 Å². The maximum absolute atomic E-state index is 12.3. The van der Waals surface area contributed by atoms with E-state index >= 15 is 0 Å². The normalized spacial score (nSPS) is 12.4. The third-order valence-corrected chi connectivity index (χ3v) is 5.39. The first-order chi connectivity index (χ1) is 15.9. The predicted octanol–water partition coefficient (Wildman–Crippen LogP) is 4.12. The molecule has 2 amide bonds. The fourth-order valence-electron chi connectivity index (χ4n) is 3.53. The van der Waals surface area contributed by atoms with Crippen LogP contribution in [0.1, 0.15) is 36.9 Å². The van der Waals surface area contributed by atoms with Gasteiger partial charge < -0.3 is 15.7 Å². The van der Waals surface area contributed by atoms with Crippen LogP contribution in [0.5, 0.6) is 0 Å². The minimum atomic E-state index is -1.11. The second kappa shape index (κ2) is 11.6. The molecule has 3 N–H and O–H groups in total. The van der Waals surface area contributed by atoms with Gasteiger partial charge in [-0.15, -0.1) is 0 Å². The summed E-state index contributed by atoms with van der Waals surface area (Å²) >= 11 is 0. The Kier molecular flexibility index (Phi) is 8.36. The maximum atomic E-state index is 12.3. The molecule has 0 spiro atoms. The second-order valence-corrected chi connectivity index (χ2v) is 7.93. The molecule has 6 heteroatoms. The van der Waals surface area contributed by atoms with Gasteiger partial charge in [0.2, 0.25) is 11.8 Å². The van der Waals surface area contributed by atoms with Gasteiger partial charge in [-0.05, 0) is 29.2 Å². The van der Waals surface area contributed by atoms with Gasteiger partial charge in [0, 0.05) is 19.3 Å². The topological polar surface area (TPSA) is 95.5 Å². The van der Waals surface area contributed by atoms with Crippen molar-refractivity contribution in [2.45, 2.75) is 38.3 Å². The third kappa shape index (κ3) is 7.31. The summed E-state index contributed by atoms with van der Waals surface area (Å²) < 4.78 is 0. The first kappa shape index (κ1) is 23.7. The molecule has 0 aliphatic heterocycles. The number of benzene rings is 3. The van der Waals surface area contributed by atoms with Gasteiger partial charge in [0.25, 0.3) is 0 Å².